The summed E-state index contributed by atoms with van der Waals surface area (Å²) in [6.07, 6.45) is 2.71. The Bertz CT molecular complexity index is 185. The average molecular weight is 214 g/mol. The summed E-state index contributed by atoms with van der Waals surface area (Å²) in [4.78, 5) is 2.46. The van der Waals surface area contributed by atoms with E-state index in [2.05, 4.69) is 38.0 Å². The maximum absolute atomic E-state index is 5.29. The van der Waals surface area contributed by atoms with Gasteiger partial charge in [0.25, 0.3) is 0 Å². The normalized spacial score (nSPS) is 19.6. The zero-order valence-corrected chi connectivity index (χ0v) is 10.8. The highest BCUT2D eigenvalue weighted by Crippen LogP contribution is 2.27. The fourth-order valence-electron chi connectivity index (χ4n) is 1.72. The van der Waals surface area contributed by atoms with Crippen molar-refractivity contribution in [1.82, 2.24) is 10.2 Å². The molecule has 0 aromatic carbocycles. The number of likely N-dealkylation sites (N-methyl/N-ethyl adjacent to an activating group) is 1. The topological polar surface area (TPSA) is 24.5 Å². The molecule has 1 aliphatic carbocycles. The molecule has 0 radical (unpaired) electrons. The summed E-state index contributed by atoms with van der Waals surface area (Å²) < 4.78 is 5.29. The van der Waals surface area contributed by atoms with Crippen molar-refractivity contribution in [2.24, 2.45) is 0 Å². The van der Waals surface area contributed by atoms with Gasteiger partial charge in [-0.3, -0.25) is 4.90 Å². The summed E-state index contributed by atoms with van der Waals surface area (Å²) in [5.74, 6) is 0. The zero-order chi connectivity index (χ0) is 11.5. The molecule has 0 amide bonds. The Morgan fingerprint density at radius 2 is 2.00 bits per heavy atom. The minimum atomic E-state index is 0.191. The molecule has 0 aromatic rings. The van der Waals surface area contributed by atoms with E-state index in [1.165, 1.54) is 12.8 Å². The van der Waals surface area contributed by atoms with Crippen molar-refractivity contribution in [2.75, 3.05) is 27.3 Å². The Balaban J connectivity index is 2.35. The number of methoxy groups -OCH3 is 1. The first kappa shape index (κ1) is 12.9. The molecule has 1 fully saturated rings. The molecule has 1 unspecified atom stereocenters. The summed E-state index contributed by atoms with van der Waals surface area (Å²) in [5, 5.41) is 3.55. The van der Waals surface area contributed by atoms with Crippen molar-refractivity contribution in [1.29, 1.82) is 0 Å². The van der Waals surface area contributed by atoms with Crippen LogP contribution in [0.3, 0.4) is 0 Å². The van der Waals surface area contributed by atoms with E-state index in [1.54, 1.807) is 7.11 Å². The van der Waals surface area contributed by atoms with E-state index in [-0.39, 0.29) is 5.54 Å². The first-order chi connectivity index (χ1) is 6.94. The highest BCUT2D eigenvalue weighted by atomic mass is 16.5. The van der Waals surface area contributed by atoms with Crippen molar-refractivity contribution in [2.45, 2.75) is 51.2 Å². The Labute approximate surface area is 94.2 Å². The van der Waals surface area contributed by atoms with Gasteiger partial charge in [-0.25, -0.2) is 0 Å². The van der Waals surface area contributed by atoms with Gasteiger partial charge in [0.15, 0.2) is 0 Å². The summed E-state index contributed by atoms with van der Waals surface area (Å²) in [7, 11) is 4.00. The quantitative estimate of drug-likeness (QED) is 0.725. The summed E-state index contributed by atoms with van der Waals surface area (Å²) >= 11 is 0. The largest absolute Gasteiger partial charge is 0.383 e. The van der Waals surface area contributed by atoms with Crippen LogP contribution in [0.25, 0.3) is 0 Å². The number of nitrogens with zero attached hydrogens (tertiary/aromatic N) is 1. The third kappa shape index (κ3) is 4.96. The van der Waals surface area contributed by atoms with Gasteiger partial charge in [-0.1, -0.05) is 0 Å². The molecule has 1 atom stereocenters. The Kier molecular flexibility index (Phi) is 4.56. The molecule has 0 aliphatic heterocycles. The highest BCUT2D eigenvalue weighted by molar-refractivity contribution is 4.88. The first-order valence-corrected chi connectivity index (χ1v) is 5.90. The lowest BCUT2D eigenvalue weighted by molar-refractivity contribution is 0.0969. The van der Waals surface area contributed by atoms with E-state index < -0.39 is 0 Å². The van der Waals surface area contributed by atoms with Crippen molar-refractivity contribution >= 4 is 0 Å². The predicted molar refractivity (Wildman–Crippen MR) is 64.2 cm³/mol. The molecule has 1 aliphatic rings. The van der Waals surface area contributed by atoms with E-state index in [9.17, 15) is 0 Å². The minimum Gasteiger partial charge on any atom is -0.383 e. The van der Waals surface area contributed by atoms with Crippen LogP contribution in [-0.4, -0.2) is 49.8 Å². The van der Waals surface area contributed by atoms with Gasteiger partial charge in [-0.2, -0.15) is 0 Å². The Hall–Kier alpha value is -0.120. The maximum Gasteiger partial charge on any atom is 0.0630 e. The Morgan fingerprint density at radius 1 is 1.40 bits per heavy atom. The van der Waals surface area contributed by atoms with Crippen LogP contribution in [0.15, 0.2) is 0 Å². The van der Waals surface area contributed by atoms with Gasteiger partial charge in [0, 0.05) is 31.3 Å². The van der Waals surface area contributed by atoms with Gasteiger partial charge >= 0.3 is 0 Å². The summed E-state index contributed by atoms with van der Waals surface area (Å²) in [5.41, 5.74) is 0.191. The third-order valence-corrected chi connectivity index (χ3v) is 2.93. The summed E-state index contributed by atoms with van der Waals surface area (Å²) in [6, 6.07) is 1.30. The van der Waals surface area contributed by atoms with Gasteiger partial charge in [0.1, 0.15) is 0 Å². The van der Waals surface area contributed by atoms with Crippen LogP contribution < -0.4 is 5.32 Å². The molecule has 1 saturated carbocycles. The number of hydrogen-bond donors (Lipinski definition) is 1. The lowest BCUT2D eigenvalue weighted by Crippen LogP contribution is -2.49. The first-order valence-electron chi connectivity index (χ1n) is 5.90. The molecular weight excluding hydrogens is 188 g/mol. The number of hydrogen-bond acceptors (Lipinski definition) is 3. The van der Waals surface area contributed by atoms with E-state index in [4.69, 9.17) is 4.74 Å². The van der Waals surface area contributed by atoms with Gasteiger partial charge < -0.3 is 10.1 Å². The van der Waals surface area contributed by atoms with Crippen LogP contribution in [0.4, 0.5) is 0 Å². The van der Waals surface area contributed by atoms with Crippen molar-refractivity contribution in [3.05, 3.63) is 0 Å². The standard InChI is InChI=1S/C12H26N2O/c1-12(2,3)13-8-11(9-15-5)14(4)10-6-7-10/h10-11,13H,6-9H2,1-5H3. The molecule has 3 nitrogen and oxygen atoms in total. The highest BCUT2D eigenvalue weighted by Gasteiger charge is 2.31. The van der Waals surface area contributed by atoms with Gasteiger partial charge in [0.2, 0.25) is 0 Å². The molecule has 90 valence electrons. The molecule has 0 aromatic heterocycles. The maximum atomic E-state index is 5.29. The number of ether oxygens (including phenoxy) is 1. The van der Waals surface area contributed by atoms with Crippen LogP contribution in [0.1, 0.15) is 33.6 Å². The van der Waals surface area contributed by atoms with Crippen LogP contribution in [0, 0.1) is 0 Å². The van der Waals surface area contributed by atoms with Crippen LogP contribution >= 0.6 is 0 Å². The second kappa shape index (κ2) is 5.28. The molecule has 15 heavy (non-hydrogen) atoms. The molecule has 0 saturated heterocycles. The van der Waals surface area contributed by atoms with Gasteiger partial charge in [0.05, 0.1) is 6.61 Å². The van der Waals surface area contributed by atoms with Gasteiger partial charge in [-0.05, 0) is 40.7 Å². The predicted octanol–water partition coefficient (Wildman–Crippen LogP) is 1.48. The van der Waals surface area contributed by atoms with E-state index in [1.807, 2.05) is 0 Å². The van der Waals surface area contributed by atoms with Crippen molar-refractivity contribution < 1.29 is 4.74 Å². The van der Waals surface area contributed by atoms with Crippen LogP contribution in [-0.2, 0) is 4.74 Å². The molecule has 0 heterocycles. The monoisotopic (exact) mass is 214 g/mol. The second-order valence-electron chi connectivity index (χ2n) is 5.64. The Morgan fingerprint density at radius 3 is 2.40 bits per heavy atom. The fraction of sp³-hybridized carbons (Fsp3) is 1.00. The molecule has 0 bridgehead atoms. The third-order valence-electron chi connectivity index (χ3n) is 2.93. The fourth-order valence-corrected chi connectivity index (χ4v) is 1.72. The van der Waals surface area contributed by atoms with E-state index in [0.29, 0.717) is 6.04 Å². The number of rotatable bonds is 6. The minimum absolute atomic E-state index is 0.191. The molecule has 1 N–H and O–H groups in total. The SMILES string of the molecule is COCC(CNC(C)(C)C)N(C)C1CC1. The lowest BCUT2D eigenvalue weighted by atomic mass is 10.1. The smallest absolute Gasteiger partial charge is 0.0630 e. The molecule has 0 spiro atoms. The lowest BCUT2D eigenvalue weighted by Gasteiger charge is -2.31. The van der Waals surface area contributed by atoms with E-state index >= 15 is 0 Å². The van der Waals surface area contributed by atoms with Crippen molar-refractivity contribution in [3.63, 3.8) is 0 Å². The molecular formula is C12H26N2O. The molecule has 1 rings (SSSR count). The molecule has 3 heteroatoms. The van der Waals surface area contributed by atoms with Crippen LogP contribution in [0.5, 0.6) is 0 Å². The average Bonchev–Trinajstić information content (AvgIpc) is 2.92. The second-order valence-corrected chi connectivity index (χ2v) is 5.64. The van der Waals surface area contributed by atoms with E-state index in [0.717, 1.165) is 19.2 Å². The van der Waals surface area contributed by atoms with Crippen molar-refractivity contribution in [3.8, 4) is 0 Å². The van der Waals surface area contributed by atoms with Gasteiger partial charge in [-0.15, -0.1) is 0 Å². The zero-order valence-electron chi connectivity index (χ0n) is 10.8. The van der Waals surface area contributed by atoms with Crippen LogP contribution in [0.2, 0.25) is 0 Å². The number of nitrogens with one attached hydrogen (secondary N) is 1. The summed E-state index contributed by atoms with van der Waals surface area (Å²) in [6.45, 7) is 8.43.